The first-order valence-corrected chi connectivity index (χ1v) is 14.6. The summed E-state index contributed by atoms with van der Waals surface area (Å²) in [6.45, 7) is 6.91. The number of nitrogens with one attached hydrogen (secondary N) is 1. The molecule has 1 aliphatic rings. The van der Waals surface area contributed by atoms with Crippen LogP contribution in [-0.2, 0) is 25.6 Å². The minimum atomic E-state index is -1.29. The molecular weight excluding hydrogens is 628 g/mol. The second kappa shape index (κ2) is 15.5. The molecule has 3 rings (SSSR count). The van der Waals surface area contributed by atoms with Crippen LogP contribution in [0.1, 0.15) is 39.2 Å². The first-order valence-electron chi connectivity index (χ1n) is 13.8. The highest BCUT2D eigenvalue weighted by molar-refractivity contribution is 9.10. The zero-order chi connectivity index (χ0) is 31.6. The number of halogens is 1. The van der Waals surface area contributed by atoms with Gasteiger partial charge in [-0.25, -0.2) is 14.4 Å². The fourth-order valence-corrected chi connectivity index (χ4v) is 4.59. The van der Waals surface area contributed by atoms with E-state index in [1.54, 1.807) is 67.0 Å². The maximum absolute atomic E-state index is 12.3. The molecule has 1 aliphatic heterocycles. The van der Waals surface area contributed by atoms with Gasteiger partial charge in [-0.05, 0) is 51.3 Å². The van der Waals surface area contributed by atoms with E-state index in [9.17, 15) is 29.6 Å². The van der Waals surface area contributed by atoms with E-state index in [0.29, 0.717) is 42.8 Å². The van der Waals surface area contributed by atoms with Gasteiger partial charge in [0, 0.05) is 30.2 Å². The van der Waals surface area contributed by atoms with Crippen LogP contribution in [0.25, 0.3) is 0 Å². The topological polar surface area (TPSA) is 161 Å². The van der Waals surface area contributed by atoms with Gasteiger partial charge in [-0.2, -0.15) is 0 Å². The molecule has 2 aromatic carbocycles. The summed E-state index contributed by atoms with van der Waals surface area (Å²) in [4.78, 5) is 51.0. The fraction of sp³-hybridized carbons (Fsp3) is 0.483. The minimum absolute atomic E-state index is 0.0211. The minimum Gasteiger partial charge on any atom is -0.480 e. The maximum atomic E-state index is 12.3. The molecule has 0 aromatic heterocycles. The first-order chi connectivity index (χ1) is 20.3. The van der Waals surface area contributed by atoms with Crippen molar-refractivity contribution in [2.45, 2.75) is 58.0 Å². The smallest absolute Gasteiger partial charge is 0.410 e. The number of carbonyl (C=O) groups excluding carboxylic acids is 2. The number of rotatable bonds is 14. The Balaban J connectivity index is 1.57. The number of nitrogens with zero attached hydrogens (tertiary/aromatic N) is 3. The predicted octanol–water partition coefficient (Wildman–Crippen LogP) is 4.96. The van der Waals surface area contributed by atoms with Crippen molar-refractivity contribution >= 4 is 45.5 Å². The van der Waals surface area contributed by atoms with Crippen LogP contribution >= 0.6 is 15.9 Å². The zero-order valence-corrected chi connectivity index (χ0v) is 25.9. The van der Waals surface area contributed by atoms with E-state index < -0.39 is 34.7 Å². The van der Waals surface area contributed by atoms with Gasteiger partial charge in [0.15, 0.2) is 0 Å². The van der Waals surface area contributed by atoms with Crippen LogP contribution < -0.4 is 10.2 Å². The Hall–Kier alpha value is -3.91. The van der Waals surface area contributed by atoms with Gasteiger partial charge in [-0.15, -0.1) is 0 Å². The van der Waals surface area contributed by atoms with Gasteiger partial charge in [-0.3, -0.25) is 10.1 Å². The molecule has 14 heteroatoms. The van der Waals surface area contributed by atoms with E-state index in [1.807, 2.05) is 6.07 Å². The van der Waals surface area contributed by atoms with E-state index in [-0.39, 0.29) is 31.4 Å². The normalized spacial score (nSPS) is 13.9. The number of nitro groups is 1. The third-order valence-corrected chi connectivity index (χ3v) is 6.88. The molecule has 0 saturated carbocycles. The fourth-order valence-electron chi connectivity index (χ4n) is 4.24. The van der Waals surface area contributed by atoms with Crippen LogP contribution in [0.5, 0.6) is 0 Å². The number of hydrogen-bond acceptors (Lipinski definition) is 9. The van der Waals surface area contributed by atoms with Crippen molar-refractivity contribution in [3.63, 3.8) is 0 Å². The van der Waals surface area contributed by atoms with E-state index in [2.05, 4.69) is 21.2 Å². The van der Waals surface area contributed by atoms with E-state index in [4.69, 9.17) is 14.2 Å². The summed E-state index contributed by atoms with van der Waals surface area (Å²) in [7, 11) is 0. The van der Waals surface area contributed by atoms with Crippen molar-refractivity contribution in [3.05, 3.63) is 68.7 Å². The summed E-state index contributed by atoms with van der Waals surface area (Å²) in [5, 5.41) is 23.9. The van der Waals surface area contributed by atoms with Gasteiger partial charge >= 0.3 is 18.2 Å². The van der Waals surface area contributed by atoms with Crippen molar-refractivity contribution in [1.82, 2.24) is 10.2 Å². The number of carboxylic acid groups (broad SMARTS) is 1. The van der Waals surface area contributed by atoms with Crippen molar-refractivity contribution in [1.29, 1.82) is 0 Å². The summed E-state index contributed by atoms with van der Waals surface area (Å²) >= 11 is 3.26. The van der Waals surface area contributed by atoms with Gasteiger partial charge in [0.25, 0.3) is 5.69 Å². The number of likely N-dealkylation sites (tertiary alicyclic amines) is 1. The highest BCUT2D eigenvalue weighted by atomic mass is 79.9. The zero-order valence-electron chi connectivity index (χ0n) is 24.4. The van der Waals surface area contributed by atoms with Gasteiger partial charge in [0.05, 0.1) is 24.1 Å². The van der Waals surface area contributed by atoms with Gasteiger partial charge in [0.2, 0.25) is 0 Å². The molecule has 2 amide bonds. The number of aliphatic carboxylic acids is 1. The molecule has 13 nitrogen and oxygen atoms in total. The summed E-state index contributed by atoms with van der Waals surface area (Å²) in [5.74, 6) is -1.26. The lowest BCUT2D eigenvalue weighted by atomic mass is 10.1. The highest BCUT2D eigenvalue weighted by Crippen LogP contribution is 2.31. The molecule has 2 N–H and O–H groups in total. The molecule has 0 bridgehead atoms. The number of carboxylic acids is 1. The van der Waals surface area contributed by atoms with Crippen LogP contribution in [0.4, 0.5) is 21.0 Å². The first kappa shape index (κ1) is 33.6. The number of nitro benzene ring substituents is 1. The monoisotopic (exact) mass is 664 g/mol. The van der Waals surface area contributed by atoms with E-state index >= 15 is 0 Å². The Labute approximate surface area is 258 Å². The van der Waals surface area contributed by atoms with Gasteiger partial charge < -0.3 is 34.4 Å². The summed E-state index contributed by atoms with van der Waals surface area (Å²) < 4.78 is 16.9. The molecule has 0 aliphatic carbocycles. The lowest BCUT2D eigenvalue weighted by Gasteiger charge is -2.39. The lowest BCUT2D eigenvalue weighted by Crippen LogP contribution is -2.56. The Morgan fingerprint density at radius 2 is 1.86 bits per heavy atom. The Morgan fingerprint density at radius 1 is 1.16 bits per heavy atom. The molecule has 1 saturated heterocycles. The second-order valence-corrected chi connectivity index (χ2v) is 11.9. The quantitative estimate of drug-likeness (QED) is 0.160. The molecule has 0 unspecified atom stereocenters. The molecule has 1 atom stereocenters. The van der Waals surface area contributed by atoms with Crippen molar-refractivity contribution < 1.29 is 38.6 Å². The summed E-state index contributed by atoms with van der Waals surface area (Å²) in [6, 6.07) is 12.3. The molecular formula is C29H37BrN4O9. The van der Waals surface area contributed by atoms with E-state index in [1.165, 1.54) is 6.07 Å². The summed E-state index contributed by atoms with van der Waals surface area (Å²) in [5.41, 5.74) is 0.327. The number of alkyl carbamates (subject to hydrolysis) is 1. The van der Waals surface area contributed by atoms with E-state index in [0.717, 1.165) is 5.56 Å². The number of hydrogen-bond donors (Lipinski definition) is 2. The van der Waals surface area contributed by atoms with Crippen molar-refractivity contribution in [3.8, 4) is 0 Å². The Bertz CT molecular complexity index is 1270. The third kappa shape index (κ3) is 11.0. The SMILES string of the molecule is CC(C)(C)OC(=O)N1CC(OCCCN(CC[C@H](NC(=O)OCc2ccccc2)C(=O)O)c2ccc(Br)cc2[N+](=O)[O-])C1. The van der Waals surface area contributed by atoms with Gasteiger partial charge in [-0.1, -0.05) is 46.3 Å². The molecule has 234 valence electrons. The number of anilines is 1. The van der Waals surface area contributed by atoms with Gasteiger partial charge in [0.1, 0.15) is 23.9 Å². The molecule has 2 aromatic rings. The van der Waals surface area contributed by atoms with Crippen LogP contribution in [0.2, 0.25) is 0 Å². The number of ether oxygens (including phenoxy) is 3. The van der Waals surface area contributed by atoms with Crippen molar-refractivity contribution in [2.24, 2.45) is 0 Å². The van der Waals surface area contributed by atoms with Crippen LogP contribution in [-0.4, -0.2) is 83.6 Å². The molecule has 1 fully saturated rings. The van der Waals surface area contributed by atoms with Crippen LogP contribution in [0.3, 0.4) is 0 Å². The molecule has 43 heavy (non-hydrogen) atoms. The number of carbonyl (C=O) groups is 3. The molecule has 0 radical (unpaired) electrons. The average molecular weight is 666 g/mol. The largest absolute Gasteiger partial charge is 0.480 e. The lowest BCUT2D eigenvalue weighted by molar-refractivity contribution is -0.384. The van der Waals surface area contributed by atoms with Crippen molar-refractivity contribution in [2.75, 3.05) is 37.7 Å². The third-order valence-electron chi connectivity index (χ3n) is 6.39. The second-order valence-electron chi connectivity index (χ2n) is 11.0. The van der Waals surface area contributed by atoms with Crippen LogP contribution in [0, 0.1) is 10.1 Å². The Morgan fingerprint density at radius 3 is 2.49 bits per heavy atom. The average Bonchev–Trinajstić information content (AvgIpc) is 2.91. The number of amides is 2. The summed E-state index contributed by atoms with van der Waals surface area (Å²) in [6.07, 6.45) is -0.999. The molecule has 1 heterocycles. The predicted molar refractivity (Wildman–Crippen MR) is 161 cm³/mol. The highest BCUT2D eigenvalue weighted by Gasteiger charge is 2.34. The standard InChI is InChI=1S/C29H37BrN4O9/c1-29(2,3)43-28(38)33-17-22(18-33)41-15-7-13-32(24-11-10-21(30)16-25(24)34(39)40)14-12-23(26(35)36)31-27(37)42-19-20-8-5-4-6-9-20/h4-6,8-11,16,22-23H,7,12-15,17-19H2,1-3H3,(H,31,37)(H,35,36)/t23-/m0/s1. The Kier molecular flexibility index (Phi) is 12.1. The molecule has 0 spiro atoms. The maximum Gasteiger partial charge on any atom is 0.410 e. The van der Waals surface area contributed by atoms with Crippen LogP contribution in [0.15, 0.2) is 53.0 Å². The number of benzene rings is 2.